The molecule has 0 aromatic heterocycles. The maximum absolute atomic E-state index is 12.4. The molecule has 0 saturated carbocycles. The molecule has 4 nitrogen and oxygen atoms in total. The van der Waals surface area contributed by atoms with Crippen molar-refractivity contribution in [3.63, 3.8) is 0 Å². The first-order valence-electron chi connectivity index (χ1n) is 6.45. The molecule has 0 atom stereocenters. The molecule has 0 aliphatic carbocycles. The summed E-state index contributed by atoms with van der Waals surface area (Å²) < 4.78 is 70.5. The SMILES string of the molecule is Cc1cccc(OS(=O)(=O)c2ccccc2OC(F)(F)F)c1C. The fraction of sp³-hybridized carbons (Fsp3) is 0.200. The number of aryl methyl sites for hydroxylation is 1. The molecule has 0 fully saturated rings. The van der Waals surface area contributed by atoms with Crippen LogP contribution in [0.2, 0.25) is 0 Å². The molecule has 0 radical (unpaired) electrons. The maximum Gasteiger partial charge on any atom is 0.573 e. The minimum atomic E-state index is -5.01. The van der Waals surface area contributed by atoms with Gasteiger partial charge in [-0.2, -0.15) is 8.42 Å². The first-order valence-corrected chi connectivity index (χ1v) is 7.86. The average molecular weight is 346 g/mol. The van der Waals surface area contributed by atoms with E-state index in [9.17, 15) is 21.6 Å². The van der Waals surface area contributed by atoms with Crippen LogP contribution in [-0.4, -0.2) is 14.8 Å². The quantitative estimate of drug-likeness (QED) is 0.786. The van der Waals surface area contributed by atoms with Crippen molar-refractivity contribution in [2.24, 2.45) is 0 Å². The summed E-state index contributed by atoms with van der Waals surface area (Å²) in [7, 11) is -4.48. The lowest BCUT2D eigenvalue weighted by Crippen LogP contribution is -2.20. The minimum Gasteiger partial charge on any atom is -0.404 e. The van der Waals surface area contributed by atoms with E-state index < -0.39 is 27.1 Å². The van der Waals surface area contributed by atoms with E-state index in [-0.39, 0.29) is 5.75 Å². The van der Waals surface area contributed by atoms with Crippen LogP contribution in [0.5, 0.6) is 11.5 Å². The van der Waals surface area contributed by atoms with E-state index in [1.807, 2.05) is 0 Å². The molecule has 2 rings (SSSR count). The zero-order chi connectivity index (χ0) is 17.3. The Bertz CT molecular complexity index is 814. The van der Waals surface area contributed by atoms with E-state index in [1.54, 1.807) is 26.0 Å². The van der Waals surface area contributed by atoms with E-state index in [4.69, 9.17) is 4.18 Å². The van der Waals surface area contributed by atoms with E-state index >= 15 is 0 Å². The van der Waals surface area contributed by atoms with Gasteiger partial charge in [0.2, 0.25) is 0 Å². The summed E-state index contributed by atoms with van der Waals surface area (Å²) in [6.07, 6.45) is -5.01. The Labute approximate surface area is 131 Å². The first kappa shape index (κ1) is 17.1. The van der Waals surface area contributed by atoms with Crippen LogP contribution >= 0.6 is 0 Å². The fourth-order valence-corrected chi connectivity index (χ4v) is 2.95. The Hall–Kier alpha value is -2.22. The zero-order valence-corrected chi connectivity index (χ0v) is 13.0. The highest BCUT2D eigenvalue weighted by molar-refractivity contribution is 7.87. The van der Waals surface area contributed by atoms with E-state index in [1.165, 1.54) is 18.2 Å². The third-order valence-corrected chi connectivity index (χ3v) is 4.37. The largest absolute Gasteiger partial charge is 0.573 e. The molecule has 2 aromatic rings. The topological polar surface area (TPSA) is 52.6 Å². The Balaban J connectivity index is 2.43. The molecule has 0 aliphatic rings. The Morgan fingerprint density at radius 1 is 0.913 bits per heavy atom. The summed E-state index contributed by atoms with van der Waals surface area (Å²) >= 11 is 0. The lowest BCUT2D eigenvalue weighted by molar-refractivity contribution is -0.275. The highest BCUT2D eigenvalue weighted by Gasteiger charge is 2.34. The number of halogens is 3. The number of benzene rings is 2. The Kier molecular flexibility index (Phi) is 4.56. The summed E-state index contributed by atoms with van der Waals surface area (Å²) in [4.78, 5) is -0.696. The molecule has 0 spiro atoms. The summed E-state index contributed by atoms with van der Waals surface area (Å²) in [6, 6.07) is 9.18. The second kappa shape index (κ2) is 6.11. The summed E-state index contributed by atoms with van der Waals surface area (Å²) in [5, 5.41) is 0. The average Bonchev–Trinajstić information content (AvgIpc) is 2.42. The predicted octanol–water partition coefficient (Wildman–Crippen LogP) is 3.97. The smallest absolute Gasteiger partial charge is 0.404 e. The molecule has 0 bridgehead atoms. The molecule has 0 N–H and O–H groups in total. The van der Waals surface area contributed by atoms with Crippen molar-refractivity contribution in [3.8, 4) is 11.5 Å². The highest BCUT2D eigenvalue weighted by atomic mass is 32.2. The van der Waals surface area contributed by atoms with Gasteiger partial charge in [0.1, 0.15) is 10.6 Å². The van der Waals surface area contributed by atoms with Crippen molar-refractivity contribution in [1.82, 2.24) is 0 Å². The van der Waals surface area contributed by atoms with Crippen LogP contribution in [0.25, 0.3) is 0 Å². The molecule has 0 aliphatic heterocycles. The van der Waals surface area contributed by atoms with Crippen LogP contribution in [0.1, 0.15) is 11.1 Å². The zero-order valence-electron chi connectivity index (χ0n) is 12.2. The molecule has 0 saturated heterocycles. The Morgan fingerprint density at radius 2 is 1.52 bits per heavy atom. The van der Waals surface area contributed by atoms with Gasteiger partial charge in [-0.1, -0.05) is 24.3 Å². The third-order valence-electron chi connectivity index (χ3n) is 3.10. The number of ether oxygens (including phenoxy) is 1. The second-order valence-electron chi connectivity index (χ2n) is 4.73. The highest BCUT2D eigenvalue weighted by Crippen LogP contribution is 2.32. The van der Waals surface area contributed by atoms with Crippen molar-refractivity contribution in [2.45, 2.75) is 25.1 Å². The third kappa shape index (κ3) is 4.16. The maximum atomic E-state index is 12.4. The van der Waals surface area contributed by atoms with Crippen LogP contribution in [0.15, 0.2) is 47.4 Å². The fourth-order valence-electron chi connectivity index (χ4n) is 1.84. The first-order chi connectivity index (χ1) is 10.6. The molecule has 124 valence electrons. The van der Waals surface area contributed by atoms with Gasteiger partial charge in [0.15, 0.2) is 5.75 Å². The molecule has 0 amide bonds. The molecular formula is C15H13F3O4S. The summed E-state index contributed by atoms with van der Waals surface area (Å²) in [5.41, 5.74) is 1.36. The van der Waals surface area contributed by atoms with Gasteiger partial charge >= 0.3 is 16.5 Å². The van der Waals surface area contributed by atoms with Gasteiger partial charge in [0, 0.05) is 0 Å². The van der Waals surface area contributed by atoms with Crippen LogP contribution in [0.4, 0.5) is 13.2 Å². The van der Waals surface area contributed by atoms with E-state index in [0.29, 0.717) is 5.56 Å². The van der Waals surface area contributed by atoms with Crippen LogP contribution < -0.4 is 8.92 Å². The van der Waals surface area contributed by atoms with Gasteiger partial charge in [-0.15, -0.1) is 13.2 Å². The van der Waals surface area contributed by atoms with Crippen molar-refractivity contribution in [3.05, 3.63) is 53.6 Å². The molecule has 2 aromatic carbocycles. The van der Waals surface area contributed by atoms with E-state index in [0.717, 1.165) is 17.7 Å². The normalized spacial score (nSPS) is 12.0. The van der Waals surface area contributed by atoms with Gasteiger partial charge in [-0.05, 0) is 43.2 Å². The van der Waals surface area contributed by atoms with Gasteiger partial charge in [-0.25, -0.2) is 0 Å². The van der Waals surface area contributed by atoms with Crippen molar-refractivity contribution >= 4 is 10.1 Å². The number of hydrogen-bond acceptors (Lipinski definition) is 4. The summed E-state index contributed by atoms with van der Waals surface area (Å²) in [5.74, 6) is -0.794. The van der Waals surface area contributed by atoms with Crippen molar-refractivity contribution in [2.75, 3.05) is 0 Å². The molecule has 0 unspecified atom stereocenters. The number of hydrogen-bond donors (Lipinski definition) is 0. The number of para-hydroxylation sites is 1. The number of rotatable bonds is 4. The van der Waals surface area contributed by atoms with E-state index in [2.05, 4.69) is 4.74 Å². The number of alkyl halides is 3. The van der Waals surface area contributed by atoms with Crippen molar-refractivity contribution in [1.29, 1.82) is 0 Å². The van der Waals surface area contributed by atoms with Gasteiger partial charge in [0.25, 0.3) is 0 Å². The van der Waals surface area contributed by atoms with Gasteiger partial charge in [0.05, 0.1) is 0 Å². The van der Waals surface area contributed by atoms with Crippen molar-refractivity contribution < 1.29 is 30.5 Å². The standard InChI is InChI=1S/C15H13F3O4S/c1-10-6-5-8-12(11(10)2)22-23(19,20)14-9-4-3-7-13(14)21-15(16,17)18/h3-9H,1-2H3. The lowest BCUT2D eigenvalue weighted by atomic mass is 10.1. The predicted molar refractivity (Wildman–Crippen MR) is 76.9 cm³/mol. The lowest BCUT2D eigenvalue weighted by Gasteiger charge is -2.15. The molecule has 0 heterocycles. The van der Waals surface area contributed by atoms with Gasteiger partial charge < -0.3 is 8.92 Å². The van der Waals surface area contributed by atoms with Crippen LogP contribution in [-0.2, 0) is 10.1 Å². The second-order valence-corrected chi connectivity index (χ2v) is 6.24. The van der Waals surface area contributed by atoms with Crippen LogP contribution in [0, 0.1) is 13.8 Å². The summed E-state index contributed by atoms with van der Waals surface area (Å²) in [6.45, 7) is 3.41. The molecule has 8 heteroatoms. The Morgan fingerprint density at radius 3 is 2.17 bits per heavy atom. The minimum absolute atomic E-state index is 0.0480. The monoisotopic (exact) mass is 346 g/mol. The molecule has 23 heavy (non-hydrogen) atoms. The molecular weight excluding hydrogens is 333 g/mol. The van der Waals surface area contributed by atoms with Crippen LogP contribution in [0.3, 0.4) is 0 Å². The van der Waals surface area contributed by atoms with Gasteiger partial charge in [-0.3, -0.25) is 0 Å².